The molecule has 6 nitrogen and oxygen atoms in total. The molecule has 0 amide bonds. The van der Waals surface area contributed by atoms with Crippen LogP contribution in [0.3, 0.4) is 0 Å². The zero-order valence-corrected chi connectivity index (χ0v) is 11.4. The van der Waals surface area contributed by atoms with Gasteiger partial charge in [0.25, 0.3) is 0 Å². The Morgan fingerprint density at radius 3 is 2.67 bits per heavy atom. The van der Waals surface area contributed by atoms with Crippen LogP contribution in [0.2, 0.25) is 0 Å². The molecule has 0 spiro atoms. The van der Waals surface area contributed by atoms with E-state index in [0.717, 1.165) is 0 Å². The van der Waals surface area contributed by atoms with E-state index in [1.807, 2.05) is 0 Å². The minimum absolute atomic E-state index is 0.316. The topological polar surface area (TPSA) is 63.2 Å². The highest BCUT2D eigenvalue weighted by Gasteiger charge is 2.53. The van der Waals surface area contributed by atoms with E-state index >= 15 is 0 Å². The van der Waals surface area contributed by atoms with Gasteiger partial charge in [-0.25, -0.2) is 4.79 Å². The maximum absolute atomic E-state index is 11.8. The number of hydrogen-bond donors (Lipinski definition) is 0. The molecule has 2 aliphatic heterocycles. The number of methoxy groups -OCH3 is 1. The number of carbonyl (C=O) groups excluding carboxylic acids is 1. The van der Waals surface area contributed by atoms with Crippen molar-refractivity contribution in [2.45, 2.75) is 57.6 Å². The number of fused-ring (bicyclic) bond motifs is 1. The number of carbonyl (C=O) groups is 1. The lowest BCUT2D eigenvalue weighted by Crippen LogP contribution is -2.52. The molecule has 0 saturated carbocycles. The highest BCUT2D eigenvalue weighted by Crippen LogP contribution is 2.33. The van der Waals surface area contributed by atoms with Gasteiger partial charge in [0, 0.05) is 7.11 Å². The van der Waals surface area contributed by atoms with Gasteiger partial charge >= 0.3 is 5.97 Å². The first-order valence-corrected chi connectivity index (χ1v) is 5.99. The first-order chi connectivity index (χ1) is 8.24. The second-order valence-corrected chi connectivity index (χ2v) is 5.41. The maximum atomic E-state index is 11.8. The average molecular weight is 260 g/mol. The zero-order chi connectivity index (χ0) is 13.6. The summed E-state index contributed by atoms with van der Waals surface area (Å²) in [6.07, 6.45) is -1.66. The van der Waals surface area contributed by atoms with Gasteiger partial charge in [0.15, 0.2) is 23.8 Å². The van der Waals surface area contributed by atoms with Crippen molar-refractivity contribution in [3.8, 4) is 0 Å². The van der Waals surface area contributed by atoms with Crippen molar-refractivity contribution in [2.75, 3.05) is 13.7 Å². The van der Waals surface area contributed by atoms with Gasteiger partial charge in [0.05, 0.1) is 6.61 Å². The Bertz CT molecular complexity index is 337. The predicted molar refractivity (Wildman–Crippen MR) is 60.7 cm³/mol. The Kier molecular flexibility index (Phi) is 3.40. The number of esters is 1. The van der Waals surface area contributed by atoms with E-state index in [1.54, 1.807) is 27.7 Å². The molecule has 0 unspecified atom stereocenters. The van der Waals surface area contributed by atoms with Crippen LogP contribution >= 0.6 is 0 Å². The van der Waals surface area contributed by atoms with Crippen LogP contribution in [0.5, 0.6) is 0 Å². The molecule has 2 heterocycles. The number of rotatable bonds is 3. The minimum Gasteiger partial charge on any atom is -0.455 e. The van der Waals surface area contributed by atoms with Crippen LogP contribution in [-0.4, -0.2) is 49.6 Å². The summed E-state index contributed by atoms with van der Waals surface area (Å²) in [6, 6.07) is 0. The van der Waals surface area contributed by atoms with Crippen molar-refractivity contribution in [2.24, 2.45) is 0 Å². The second kappa shape index (κ2) is 4.45. The molecule has 2 fully saturated rings. The third-order valence-corrected chi connectivity index (χ3v) is 3.08. The first-order valence-electron chi connectivity index (χ1n) is 5.99. The Hall–Kier alpha value is -0.690. The van der Waals surface area contributed by atoms with Gasteiger partial charge in [-0.15, -0.1) is 0 Å². The average Bonchev–Trinajstić information content (AvgIpc) is 2.55. The van der Waals surface area contributed by atoms with Gasteiger partial charge in [0.2, 0.25) is 0 Å². The summed E-state index contributed by atoms with van der Waals surface area (Å²) in [7, 11) is 1.52. The van der Waals surface area contributed by atoms with Crippen LogP contribution < -0.4 is 0 Å². The van der Waals surface area contributed by atoms with E-state index in [0.29, 0.717) is 6.61 Å². The van der Waals surface area contributed by atoms with Crippen molar-refractivity contribution >= 4 is 5.97 Å². The monoisotopic (exact) mass is 260 g/mol. The van der Waals surface area contributed by atoms with Crippen molar-refractivity contribution in [1.82, 2.24) is 0 Å². The largest absolute Gasteiger partial charge is 0.455 e. The van der Waals surface area contributed by atoms with Crippen LogP contribution in [0.15, 0.2) is 0 Å². The Morgan fingerprint density at radius 2 is 2.06 bits per heavy atom. The van der Waals surface area contributed by atoms with Crippen LogP contribution in [-0.2, 0) is 28.5 Å². The summed E-state index contributed by atoms with van der Waals surface area (Å²) in [4.78, 5) is 11.8. The fourth-order valence-corrected chi connectivity index (χ4v) is 1.99. The molecule has 2 rings (SSSR count). The van der Waals surface area contributed by atoms with Gasteiger partial charge in [-0.1, -0.05) is 0 Å². The highest BCUT2D eigenvalue weighted by atomic mass is 16.8. The van der Waals surface area contributed by atoms with Crippen molar-refractivity contribution in [3.63, 3.8) is 0 Å². The SMILES string of the molecule is COC(C)(C)O[C@@H]1C(=O)O[C@H]2COC(C)(C)O[C@H]21. The van der Waals surface area contributed by atoms with Gasteiger partial charge < -0.3 is 23.7 Å². The highest BCUT2D eigenvalue weighted by molar-refractivity contribution is 5.78. The lowest BCUT2D eigenvalue weighted by Gasteiger charge is -2.38. The van der Waals surface area contributed by atoms with Gasteiger partial charge in [-0.3, -0.25) is 0 Å². The first kappa shape index (κ1) is 13.7. The molecule has 0 radical (unpaired) electrons. The summed E-state index contributed by atoms with van der Waals surface area (Å²) in [5, 5.41) is 0. The summed E-state index contributed by atoms with van der Waals surface area (Å²) < 4.78 is 27.2. The smallest absolute Gasteiger partial charge is 0.338 e. The fourth-order valence-electron chi connectivity index (χ4n) is 1.99. The van der Waals surface area contributed by atoms with Gasteiger partial charge in [0.1, 0.15) is 6.10 Å². The lowest BCUT2D eigenvalue weighted by molar-refractivity contribution is -0.315. The van der Waals surface area contributed by atoms with E-state index in [1.165, 1.54) is 7.11 Å². The minimum atomic E-state index is -0.871. The predicted octanol–water partition coefficient (Wildman–Crippen LogP) is 0.831. The summed E-state index contributed by atoms with van der Waals surface area (Å²) in [5.74, 6) is -2.05. The number of hydrogen-bond acceptors (Lipinski definition) is 6. The fraction of sp³-hybridized carbons (Fsp3) is 0.917. The lowest BCUT2D eigenvalue weighted by atomic mass is 10.1. The van der Waals surface area contributed by atoms with E-state index in [2.05, 4.69) is 0 Å². The standard InChI is InChI=1S/C12H20O6/c1-11(2,14-5)18-9-8-7(16-10(9)13)6-15-12(3,4)17-8/h7-9H,6H2,1-5H3/t7-,8+,9-/m0/s1. The Labute approximate surface area is 106 Å². The molecule has 2 saturated heterocycles. The molecular weight excluding hydrogens is 240 g/mol. The maximum Gasteiger partial charge on any atom is 0.338 e. The van der Waals surface area contributed by atoms with Crippen LogP contribution in [0.25, 0.3) is 0 Å². The molecule has 0 aromatic rings. The van der Waals surface area contributed by atoms with E-state index in [-0.39, 0.29) is 0 Å². The third kappa shape index (κ3) is 2.66. The molecule has 3 atom stereocenters. The zero-order valence-electron chi connectivity index (χ0n) is 11.4. The Balaban J connectivity index is 2.12. The van der Waals surface area contributed by atoms with Crippen LogP contribution in [0, 0.1) is 0 Å². The number of ether oxygens (including phenoxy) is 5. The molecule has 0 aliphatic carbocycles. The molecular formula is C12H20O6. The molecule has 18 heavy (non-hydrogen) atoms. The van der Waals surface area contributed by atoms with Crippen molar-refractivity contribution in [3.05, 3.63) is 0 Å². The third-order valence-electron chi connectivity index (χ3n) is 3.08. The van der Waals surface area contributed by atoms with Crippen LogP contribution in [0.4, 0.5) is 0 Å². The second-order valence-electron chi connectivity index (χ2n) is 5.41. The molecule has 0 N–H and O–H groups in total. The molecule has 2 aliphatic rings. The Morgan fingerprint density at radius 1 is 1.39 bits per heavy atom. The quantitative estimate of drug-likeness (QED) is 0.553. The summed E-state index contributed by atoms with van der Waals surface area (Å²) in [6.45, 7) is 7.38. The molecule has 0 bridgehead atoms. The van der Waals surface area contributed by atoms with Crippen molar-refractivity contribution in [1.29, 1.82) is 0 Å². The van der Waals surface area contributed by atoms with E-state index in [4.69, 9.17) is 23.7 Å². The van der Waals surface area contributed by atoms with Crippen molar-refractivity contribution < 1.29 is 28.5 Å². The summed E-state index contributed by atoms with van der Waals surface area (Å²) in [5.41, 5.74) is 0. The molecule has 6 heteroatoms. The van der Waals surface area contributed by atoms with Gasteiger partial charge in [-0.05, 0) is 27.7 Å². The normalized spacial score (nSPS) is 35.2. The van der Waals surface area contributed by atoms with E-state index in [9.17, 15) is 4.79 Å². The molecule has 0 aromatic carbocycles. The molecule has 0 aromatic heterocycles. The van der Waals surface area contributed by atoms with E-state index < -0.39 is 35.9 Å². The van der Waals surface area contributed by atoms with Gasteiger partial charge in [-0.2, -0.15) is 0 Å². The van der Waals surface area contributed by atoms with Crippen LogP contribution in [0.1, 0.15) is 27.7 Å². The summed E-state index contributed by atoms with van der Waals surface area (Å²) >= 11 is 0. The molecule has 104 valence electrons.